The van der Waals surface area contributed by atoms with E-state index in [1.54, 1.807) is 6.07 Å². The Labute approximate surface area is 123 Å². The van der Waals surface area contributed by atoms with E-state index in [9.17, 15) is 0 Å². The minimum Gasteiger partial charge on any atom is -0.490 e. The topological polar surface area (TPSA) is 33.0 Å². The van der Waals surface area contributed by atoms with Crippen LogP contribution in [0.4, 0.5) is 0 Å². The van der Waals surface area contributed by atoms with E-state index in [4.69, 9.17) is 10.00 Å². The lowest BCUT2D eigenvalue weighted by molar-refractivity contribution is 0.0562. The summed E-state index contributed by atoms with van der Waals surface area (Å²) in [6.45, 7) is 6.92. The summed E-state index contributed by atoms with van der Waals surface area (Å²) in [6, 6.07) is 7.72. The molecule has 3 heteroatoms. The van der Waals surface area contributed by atoms with Crippen LogP contribution in [0.1, 0.15) is 45.6 Å². The van der Waals surface area contributed by atoms with E-state index in [2.05, 4.69) is 42.8 Å². The van der Waals surface area contributed by atoms with E-state index in [-0.39, 0.29) is 6.10 Å². The van der Waals surface area contributed by atoms with Gasteiger partial charge >= 0.3 is 0 Å². The Bertz CT molecular complexity index is 504. The molecule has 1 aromatic carbocycles. The van der Waals surface area contributed by atoms with Crippen molar-refractivity contribution in [1.82, 2.24) is 0 Å². The second-order valence-corrected chi connectivity index (χ2v) is 7.26. The van der Waals surface area contributed by atoms with Crippen LogP contribution < -0.4 is 4.74 Å². The van der Waals surface area contributed by atoms with Crippen LogP contribution in [-0.2, 0) is 0 Å². The van der Waals surface area contributed by atoms with E-state index in [0.717, 1.165) is 23.1 Å². The number of rotatable bonds is 2. The van der Waals surface area contributed by atoms with Gasteiger partial charge in [-0.25, -0.2) is 0 Å². The van der Waals surface area contributed by atoms with Crippen molar-refractivity contribution in [2.45, 2.75) is 46.1 Å². The van der Waals surface area contributed by atoms with Crippen LogP contribution in [0.2, 0.25) is 0 Å². The van der Waals surface area contributed by atoms with Crippen molar-refractivity contribution >= 4 is 15.9 Å². The van der Waals surface area contributed by atoms with Gasteiger partial charge in [0.2, 0.25) is 0 Å². The monoisotopic (exact) mass is 321 g/mol. The third-order valence-electron chi connectivity index (χ3n) is 3.71. The maximum Gasteiger partial charge on any atom is 0.120 e. The third kappa shape index (κ3) is 3.73. The molecule has 0 heterocycles. The molecule has 1 aliphatic carbocycles. The second kappa shape index (κ2) is 5.54. The summed E-state index contributed by atoms with van der Waals surface area (Å²) >= 11 is 3.40. The van der Waals surface area contributed by atoms with Crippen molar-refractivity contribution in [3.05, 3.63) is 28.2 Å². The molecule has 2 atom stereocenters. The largest absolute Gasteiger partial charge is 0.490 e. The SMILES string of the molecule is CC1CC(Oc2ccc(C#N)c(Br)c2)CC(C)(C)C1. The Morgan fingerprint density at radius 2 is 2.11 bits per heavy atom. The molecule has 0 aromatic heterocycles. The molecule has 102 valence electrons. The van der Waals surface area contributed by atoms with Gasteiger partial charge in [0.1, 0.15) is 11.8 Å². The Kier molecular flexibility index (Phi) is 4.20. The van der Waals surface area contributed by atoms with Crippen molar-refractivity contribution in [3.8, 4) is 11.8 Å². The van der Waals surface area contributed by atoms with Crippen molar-refractivity contribution in [3.63, 3.8) is 0 Å². The van der Waals surface area contributed by atoms with Crippen LogP contribution in [0.15, 0.2) is 22.7 Å². The number of hydrogen-bond acceptors (Lipinski definition) is 2. The van der Waals surface area contributed by atoms with Gasteiger partial charge in [-0.15, -0.1) is 0 Å². The smallest absolute Gasteiger partial charge is 0.120 e. The van der Waals surface area contributed by atoms with Gasteiger partial charge in [-0.05, 0) is 64.7 Å². The molecule has 0 N–H and O–H groups in total. The van der Waals surface area contributed by atoms with Gasteiger partial charge in [0.15, 0.2) is 0 Å². The normalized spacial score (nSPS) is 25.6. The van der Waals surface area contributed by atoms with Gasteiger partial charge in [-0.2, -0.15) is 5.26 Å². The van der Waals surface area contributed by atoms with Crippen LogP contribution in [0.5, 0.6) is 5.75 Å². The number of hydrogen-bond donors (Lipinski definition) is 0. The van der Waals surface area contributed by atoms with Crippen molar-refractivity contribution in [2.75, 3.05) is 0 Å². The number of ether oxygens (including phenoxy) is 1. The van der Waals surface area contributed by atoms with Gasteiger partial charge in [0, 0.05) is 4.47 Å². The third-order valence-corrected chi connectivity index (χ3v) is 4.37. The average molecular weight is 322 g/mol. The molecule has 1 aliphatic rings. The number of nitrogens with zero attached hydrogens (tertiary/aromatic N) is 1. The highest BCUT2D eigenvalue weighted by atomic mass is 79.9. The molecule has 0 radical (unpaired) electrons. The summed E-state index contributed by atoms with van der Waals surface area (Å²) in [4.78, 5) is 0. The lowest BCUT2D eigenvalue weighted by Crippen LogP contribution is -2.34. The molecular formula is C16H20BrNO. The van der Waals surface area contributed by atoms with Gasteiger partial charge in [0.05, 0.1) is 11.7 Å². The molecule has 0 aliphatic heterocycles. The number of halogens is 1. The predicted molar refractivity (Wildman–Crippen MR) is 80.1 cm³/mol. The molecule has 19 heavy (non-hydrogen) atoms. The minimum absolute atomic E-state index is 0.276. The molecular weight excluding hydrogens is 302 g/mol. The fourth-order valence-electron chi connectivity index (χ4n) is 3.20. The van der Waals surface area contributed by atoms with Crippen molar-refractivity contribution < 1.29 is 4.74 Å². The first kappa shape index (κ1) is 14.4. The lowest BCUT2D eigenvalue weighted by Gasteiger charge is -2.38. The highest BCUT2D eigenvalue weighted by molar-refractivity contribution is 9.10. The number of nitriles is 1. The van der Waals surface area contributed by atoms with Gasteiger partial charge < -0.3 is 4.74 Å². The van der Waals surface area contributed by atoms with E-state index < -0.39 is 0 Å². The molecule has 1 fully saturated rings. The molecule has 1 aromatic rings. The van der Waals surface area contributed by atoms with E-state index in [1.807, 2.05) is 12.1 Å². The molecule has 2 rings (SSSR count). The van der Waals surface area contributed by atoms with Crippen LogP contribution in [0.25, 0.3) is 0 Å². The molecule has 0 bridgehead atoms. The standard InChI is InChI=1S/C16H20BrNO/c1-11-6-14(9-16(2,3)8-11)19-13-5-4-12(10-18)15(17)7-13/h4-5,7,11,14H,6,8-9H2,1-3H3. The van der Waals surface area contributed by atoms with Crippen molar-refractivity contribution in [2.24, 2.45) is 11.3 Å². The molecule has 0 saturated heterocycles. The summed E-state index contributed by atoms with van der Waals surface area (Å²) in [7, 11) is 0. The molecule has 1 saturated carbocycles. The Balaban J connectivity index is 2.09. The zero-order valence-electron chi connectivity index (χ0n) is 11.7. The minimum atomic E-state index is 0.276. The highest BCUT2D eigenvalue weighted by Gasteiger charge is 2.33. The maximum atomic E-state index is 8.91. The van der Waals surface area contributed by atoms with Crippen LogP contribution >= 0.6 is 15.9 Å². The van der Waals surface area contributed by atoms with Crippen LogP contribution in [0, 0.1) is 22.7 Å². The Morgan fingerprint density at radius 1 is 1.37 bits per heavy atom. The summed E-state index contributed by atoms with van der Waals surface area (Å²) < 4.78 is 6.90. The molecule has 2 unspecified atom stereocenters. The van der Waals surface area contributed by atoms with E-state index >= 15 is 0 Å². The zero-order valence-corrected chi connectivity index (χ0v) is 13.3. The molecule has 0 spiro atoms. The van der Waals surface area contributed by atoms with Crippen molar-refractivity contribution in [1.29, 1.82) is 5.26 Å². The van der Waals surface area contributed by atoms with Crippen LogP contribution in [0.3, 0.4) is 0 Å². The Morgan fingerprint density at radius 3 is 2.68 bits per heavy atom. The summed E-state index contributed by atoms with van der Waals surface area (Å²) in [5.74, 6) is 1.55. The summed E-state index contributed by atoms with van der Waals surface area (Å²) in [5.41, 5.74) is 0.997. The van der Waals surface area contributed by atoms with Gasteiger partial charge in [-0.1, -0.05) is 20.8 Å². The first-order valence-corrected chi connectivity index (χ1v) is 7.55. The quantitative estimate of drug-likeness (QED) is 0.775. The first-order valence-electron chi connectivity index (χ1n) is 6.76. The van der Waals surface area contributed by atoms with Gasteiger partial charge in [-0.3, -0.25) is 0 Å². The average Bonchev–Trinajstić information content (AvgIpc) is 2.26. The van der Waals surface area contributed by atoms with E-state index in [1.165, 1.54) is 6.42 Å². The lowest BCUT2D eigenvalue weighted by atomic mass is 9.71. The van der Waals surface area contributed by atoms with E-state index in [0.29, 0.717) is 16.9 Å². The maximum absolute atomic E-state index is 8.91. The summed E-state index contributed by atoms with van der Waals surface area (Å²) in [6.07, 6.45) is 3.75. The molecule has 2 nitrogen and oxygen atoms in total. The highest BCUT2D eigenvalue weighted by Crippen LogP contribution is 2.40. The first-order chi connectivity index (χ1) is 8.89. The molecule has 0 amide bonds. The van der Waals surface area contributed by atoms with Crippen LogP contribution in [-0.4, -0.2) is 6.10 Å². The second-order valence-electron chi connectivity index (χ2n) is 6.41. The summed E-state index contributed by atoms with van der Waals surface area (Å²) in [5, 5.41) is 8.91. The fourth-order valence-corrected chi connectivity index (χ4v) is 3.65. The number of benzene rings is 1. The predicted octanol–water partition coefficient (Wildman–Crippen LogP) is 4.91. The zero-order chi connectivity index (χ0) is 14.0. The fraction of sp³-hybridized carbons (Fsp3) is 0.562. The van der Waals surface area contributed by atoms with Gasteiger partial charge in [0.25, 0.3) is 0 Å². The Hall–Kier alpha value is -1.01.